The minimum Gasteiger partial charge on any atom is -0.444 e. The highest BCUT2D eigenvalue weighted by atomic mass is 16.6. The van der Waals surface area contributed by atoms with E-state index in [0.717, 1.165) is 22.3 Å². The molecule has 166 valence electrons. The van der Waals surface area contributed by atoms with Crippen LogP contribution in [-0.2, 0) is 14.3 Å². The molecule has 0 radical (unpaired) electrons. The molecular weight excluding hydrogens is 390 g/mol. The Balaban J connectivity index is 1.74. The summed E-state index contributed by atoms with van der Waals surface area (Å²) in [6, 6.07) is 3.92. The molecule has 0 unspecified atom stereocenters. The number of carbonyl (C=O) groups is 3. The maximum atomic E-state index is 13.2. The second-order valence-corrected chi connectivity index (χ2v) is 10.1. The van der Waals surface area contributed by atoms with Crippen LogP contribution in [0.5, 0.6) is 0 Å². The summed E-state index contributed by atoms with van der Waals surface area (Å²) in [5.41, 5.74) is 2.77. The van der Waals surface area contributed by atoms with Crippen LogP contribution in [0.3, 0.4) is 0 Å². The highest BCUT2D eigenvalue weighted by Gasteiger charge is 2.48. The van der Waals surface area contributed by atoms with Crippen LogP contribution in [0.2, 0.25) is 0 Å². The summed E-state index contributed by atoms with van der Waals surface area (Å²) in [6.07, 6.45) is 1.76. The summed E-state index contributed by atoms with van der Waals surface area (Å²) in [4.78, 5) is 40.5. The van der Waals surface area contributed by atoms with E-state index in [2.05, 4.69) is 11.8 Å². The molecule has 1 heterocycles. The molecule has 1 saturated carbocycles. The van der Waals surface area contributed by atoms with E-state index < -0.39 is 11.5 Å². The Bertz CT molecular complexity index is 922. The van der Waals surface area contributed by atoms with E-state index in [1.165, 1.54) is 0 Å². The number of Topliss-reactive ketones (excluding diaryl/α,β-unsaturated/α-hetero) is 2. The lowest BCUT2D eigenvalue weighted by Crippen LogP contribution is -2.49. The molecule has 2 aliphatic rings. The van der Waals surface area contributed by atoms with Gasteiger partial charge in [-0.3, -0.25) is 9.59 Å². The molecule has 1 aromatic rings. The Morgan fingerprint density at radius 2 is 1.58 bits per heavy atom. The Hall–Kier alpha value is -2.61. The third kappa shape index (κ3) is 5.01. The average Bonchev–Trinajstić information content (AvgIpc) is 2.62. The van der Waals surface area contributed by atoms with Gasteiger partial charge >= 0.3 is 6.09 Å². The standard InChI is InChI=1S/C26H33NO4/c1-7-8-19-13-17(2)22(18(3)14-19)23-20(28)15-26(16-21(23)29)9-11-27(12-10-26)24(30)31-25(4,5)6/h13-14,23H,9-12,15-16H2,1-6H3. The number of benzene rings is 1. The molecule has 1 amide bonds. The number of ketones is 2. The monoisotopic (exact) mass is 423 g/mol. The average molecular weight is 424 g/mol. The van der Waals surface area contributed by atoms with Crippen molar-refractivity contribution in [3.05, 3.63) is 34.4 Å². The summed E-state index contributed by atoms with van der Waals surface area (Å²) in [5, 5.41) is 0. The van der Waals surface area contributed by atoms with Gasteiger partial charge in [0.1, 0.15) is 23.1 Å². The molecule has 0 atom stereocenters. The smallest absolute Gasteiger partial charge is 0.410 e. The zero-order valence-corrected chi connectivity index (χ0v) is 19.6. The molecule has 2 fully saturated rings. The van der Waals surface area contributed by atoms with Gasteiger partial charge in [-0.05, 0) is 88.6 Å². The number of hydrogen-bond acceptors (Lipinski definition) is 4. The molecule has 5 nitrogen and oxygen atoms in total. The van der Waals surface area contributed by atoms with Gasteiger partial charge in [0.25, 0.3) is 0 Å². The van der Waals surface area contributed by atoms with Gasteiger partial charge < -0.3 is 9.64 Å². The van der Waals surface area contributed by atoms with Gasteiger partial charge in [-0.1, -0.05) is 5.92 Å². The van der Waals surface area contributed by atoms with Crippen molar-refractivity contribution in [2.45, 2.75) is 78.7 Å². The van der Waals surface area contributed by atoms with Gasteiger partial charge in [0.15, 0.2) is 0 Å². The number of nitrogens with zero attached hydrogens (tertiary/aromatic N) is 1. The first-order valence-corrected chi connectivity index (χ1v) is 11.0. The molecule has 0 aromatic heterocycles. The van der Waals surface area contributed by atoms with E-state index in [4.69, 9.17) is 4.74 Å². The number of amides is 1. The van der Waals surface area contributed by atoms with Crippen LogP contribution < -0.4 is 0 Å². The third-order valence-electron chi connectivity index (χ3n) is 6.37. The van der Waals surface area contributed by atoms with Crippen molar-refractivity contribution in [2.24, 2.45) is 5.41 Å². The first-order chi connectivity index (χ1) is 14.4. The second-order valence-electron chi connectivity index (χ2n) is 10.1. The maximum Gasteiger partial charge on any atom is 0.410 e. The number of aryl methyl sites for hydroxylation is 2. The number of ether oxygens (including phenoxy) is 1. The van der Waals surface area contributed by atoms with Crippen molar-refractivity contribution in [1.82, 2.24) is 4.90 Å². The number of hydrogen-bond donors (Lipinski definition) is 0. The van der Waals surface area contributed by atoms with E-state index in [9.17, 15) is 14.4 Å². The molecule has 5 heteroatoms. The van der Waals surface area contributed by atoms with Crippen LogP contribution in [0.25, 0.3) is 0 Å². The van der Waals surface area contributed by atoms with E-state index in [1.54, 1.807) is 11.8 Å². The Morgan fingerprint density at radius 1 is 1.06 bits per heavy atom. The summed E-state index contributed by atoms with van der Waals surface area (Å²) in [6.45, 7) is 12.3. The zero-order chi connectivity index (χ0) is 23.0. The van der Waals surface area contributed by atoms with Crippen LogP contribution in [0.4, 0.5) is 4.79 Å². The van der Waals surface area contributed by atoms with E-state index in [1.807, 2.05) is 46.8 Å². The summed E-state index contributed by atoms with van der Waals surface area (Å²) < 4.78 is 5.47. The van der Waals surface area contributed by atoms with Crippen molar-refractivity contribution in [1.29, 1.82) is 0 Å². The molecular formula is C26H33NO4. The van der Waals surface area contributed by atoms with E-state index in [0.29, 0.717) is 38.8 Å². The Morgan fingerprint density at radius 3 is 2.03 bits per heavy atom. The lowest BCUT2D eigenvalue weighted by atomic mass is 9.62. The summed E-state index contributed by atoms with van der Waals surface area (Å²) in [5.74, 6) is 5.27. The van der Waals surface area contributed by atoms with Crippen molar-refractivity contribution in [3.63, 3.8) is 0 Å². The van der Waals surface area contributed by atoms with Gasteiger partial charge in [-0.2, -0.15) is 0 Å². The normalized spacial score (nSPS) is 19.2. The quantitative estimate of drug-likeness (QED) is 0.485. The van der Waals surface area contributed by atoms with Crippen LogP contribution >= 0.6 is 0 Å². The van der Waals surface area contributed by atoms with E-state index >= 15 is 0 Å². The number of rotatable bonds is 1. The molecule has 31 heavy (non-hydrogen) atoms. The molecule has 1 spiro atoms. The first-order valence-electron chi connectivity index (χ1n) is 11.0. The minimum absolute atomic E-state index is 0.00231. The number of carbonyl (C=O) groups excluding carboxylic acids is 3. The first kappa shape index (κ1) is 23.1. The van der Waals surface area contributed by atoms with Crippen LogP contribution in [0, 0.1) is 31.1 Å². The summed E-state index contributed by atoms with van der Waals surface area (Å²) >= 11 is 0. The highest BCUT2D eigenvalue weighted by molar-refractivity contribution is 6.10. The van der Waals surface area contributed by atoms with Crippen LogP contribution in [0.15, 0.2) is 12.1 Å². The second kappa shape index (κ2) is 8.49. The predicted octanol–water partition coefficient (Wildman–Crippen LogP) is 4.71. The molecule has 1 aliphatic heterocycles. The van der Waals surface area contributed by atoms with Crippen molar-refractivity contribution in [2.75, 3.05) is 13.1 Å². The largest absolute Gasteiger partial charge is 0.444 e. The molecule has 0 N–H and O–H groups in total. The SMILES string of the molecule is CC#Cc1cc(C)c(C2C(=O)CC3(CCN(C(=O)OC(C)(C)C)CC3)CC2=O)c(C)c1. The zero-order valence-electron chi connectivity index (χ0n) is 19.6. The molecule has 1 aliphatic carbocycles. The highest BCUT2D eigenvalue weighted by Crippen LogP contribution is 2.46. The molecule has 1 saturated heterocycles. The fraction of sp³-hybridized carbons (Fsp3) is 0.577. The predicted molar refractivity (Wildman–Crippen MR) is 120 cm³/mol. The number of piperidine rings is 1. The van der Waals surface area contributed by atoms with Crippen molar-refractivity contribution in [3.8, 4) is 11.8 Å². The molecule has 1 aromatic carbocycles. The molecule has 3 rings (SSSR count). The van der Waals surface area contributed by atoms with Crippen LogP contribution in [-0.4, -0.2) is 41.3 Å². The Labute approximate surface area is 185 Å². The fourth-order valence-electron chi connectivity index (χ4n) is 5.00. The lowest BCUT2D eigenvalue weighted by molar-refractivity contribution is -0.138. The van der Waals surface area contributed by atoms with Crippen LogP contribution in [0.1, 0.15) is 81.5 Å². The third-order valence-corrected chi connectivity index (χ3v) is 6.37. The van der Waals surface area contributed by atoms with Gasteiger partial charge in [0.05, 0.1) is 0 Å². The minimum atomic E-state index is -0.682. The van der Waals surface area contributed by atoms with Gasteiger partial charge in [0.2, 0.25) is 0 Å². The lowest BCUT2D eigenvalue weighted by Gasteiger charge is -2.44. The summed E-state index contributed by atoms with van der Waals surface area (Å²) in [7, 11) is 0. The van der Waals surface area contributed by atoms with E-state index in [-0.39, 0.29) is 23.1 Å². The number of likely N-dealkylation sites (tertiary alicyclic amines) is 1. The molecule has 0 bridgehead atoms. The van der Waals surface area contributed by atoms with Crippen molar-refractivity contribution < 1.29 is 19.1 Å². The topological polar surface area (TPSA) is 63.7 Å². The van der Waals surface area contributed by atoms with Gasteiger partial charge in [-0.25, -0.2) is 4.79 Å². The van der Waals surface area contributed by atoms with Crippen molar-refractivity contribution >= 4 is 17.7 Å². The fourth-order valence-corrected chi connectivity index (χ4v) is 5.00. The maximum absolute atomic E-state index is 13.2. The van der Waals surface area contributed by atoms with Gasteiger partial charge in [0, 0.05) is 31.5 Å². The Kier molecular flexibility index (Phi) is 6.32. The van der Waals surface area contributed by atoms with Gasteiger partial charge in [-0.15, -0.1) is 5.92 Å².